The second-order valence-electron chi connectivity index (χ2n) is 11.5. The topological polar surface area (TPSA) is 163 Å². The number of nitrogens with zero attached hydrogens (tertiary/aromatic N) is 6. The number of Topliss-reactive ketones (excluding diaryl/α,β-unsaturated/α-hetero) is 1. The van der Waals surface area contributed by atoms with Crippen molar-refractivity contribution in [3.63, 3.8) is 0 Å². The van der Waals surface area contributed by atoms with E-state index in [1.807, 2.05) is 0 Å². The van der Waals surface area contributed by atoms with Gasteiger partial charge in [-0.2, -0.15) is 5.10 Å². The first-order valence-corrected chi connectivity index (χ1v) is 14.6. The van der Waals surface area contributed by atoms with Gasteiger partial charge < -0.3 is 20.4 Å². The molecular weight excluding hydrogens is 618 g/mol. The van der Waals surface area contributed by atoms with Crippen LogP contribution in [0.15, 0.2) is 41.3 Å². The number of carbonyl (C=O) groups excluding carboxylic acids is 3. The minimum absolute atomic E-state index is 0.108. The average molecular weight is 649 g/mol. The molecule has 2 fully saturated rings. The summed E-state index contributed by atoms with van der Waals surface area (Å²) in [5.74, 6) is -0.156. The van der Waals surface area contributed by atoms with Gasteiger partial charge in [0.25, 0.3) is 0 Å². The Kier molecular flexibility index (Phi) is 7.35. The number of pyridine rings is 1. The van der Waals surface area contributed by atoms with Gasteiger partial charge in [0, 0.05) is 47.4 Å². The Morgan fingerprint density at radius 3 is 2.47 bits per heavy atom. The van der Waals surface area contributed by atoms with Crippen LogP contribution in [0.2, 0.25) is 0 Å². The summed E-state index contributed by atoms with van der Waals surface area (Å²) in [4.78, 5) is 54.5. The molecule has 1 saturated heterocycles. The Balaban J connectivity index is 1.33. The van der Waals surface area contributed by atoms with Crippen molar-refractivity contribution in [1.29, 1.82) is 0 Å². The standard InChI is InChI=1S/C30H30BrN7O5/c1-15(41)26-21-7-18(20-10-32-16(2)33-11-20)6-19(14-40)27(21)37(36-26)12-25(42)38-22(8-30(3)9-23(30)38)29(43)35-28-17(13-39)4-5-24(31)34-28/h4-7,10-11,22-23,39-40H,8-9,12-14H2,1-3H3,(H,34,35,43)/t22-,23+,30-/m0/s1. The van der Waals surface area contributed by atoms with Crippen molar-refractivity contribution in [2.75, 3.05) is 5.32 Å². The Labute approximate surface area is 255 Å². The van der Waals surface area contributed by atoms with Crippen LogP contribution in [0.4, 0.5) is 5.82 Å². The summed E-state index contributed by atoms with van der Waals surface area (Å²) in [7, 11) is 0. The van der Waals surface area contributed by atoms with Crippen LogP contribution in [0.3, 0.4) is 0 Å². The second-order valence-corrected chi connectivity index (χ2v) is 12.3. The van der Waals surface area contributed by atoms with E-state index in [9.17, 15) is 24.6 Å². The molecule has 4 aromatic rings. The van der Waals surface area contributed by atoms with Gasteiger partial charge in [-0.05, 0) is 64.9 Å². The van der Waals surface area contributed by atoms with E-state index in [1.54, 1.807) is 48.5 Å². The minimum Gasteiger partial charge on any atom is -0.392 e. The molecule has 0 radical (unpaired) electrons. The van der Waals surface area contributed by atoms with Gasteiger partial charge in [0.2, 0.25) is 11.8 Å². The number of aryl methyl sites for hydroxylation is 1. The minimum atomic E-state index is -0.747. The van der Waals surface area contributed by atoms with Crippen LogP contribution in [0, 0.1) is 12.3 Å². The molecule has 1 saturated carbocycles. The quantitative estimate of drug-likeness (QED) is 0.192. The Morgan fingerprint density at radius 1 is 1.07 bits per heavy atom. The summed E-state index contributed by atoms with van der Waals surface area (Å²) in [5, 5.41) is 27.9. The van der Waals surface area contributed by atoms with Crippen molar-refractivity contribution in [1.82, 2.24) is 29.6 Å². The molecule has 2 amide bonds. The van der Waals surface area contributed by atoms with Crippen LogP contribution in [0.5, 0.6) is 0 Å². The lowest BCUT2D eigenvalue weighted by Crippen LogP contribution is -2.47. The Bertz CT molecular complexity index is 1790. The number of hydrogen-bond acceptors (Lipinski definition) is 9. The summed E-state index contributed by atoms with van der Waals surface area (Å²) in [6.45, 7) is 4.36. The summed E-state index contributed by atoms with van der Waals surface area (Å²) in [6, 6.07) is 6.04. The highest BCUT2D eigenvalue weighted by molar-refractivity contribution is 9.10. The van der Waals surface area contributed by atoms with E-state index in [0.29, 0.717) is 50.0 Å². The van der Waals surface area contributed by atoms with Crippen LogP contribution in [-0.4, -0.2) is 69.5 Å². The number of ketones is 1. The van der Waals surface area contributed by atoms with Crippen molar-refractivity contribution in [2.45, 2.75) is 65.5 Å². The molecule has 3 aromatic heterocycles. The van der Waals surface area contributed by atoms with Crippen LogP contribution in [0.25, 0.3) is 22.0 Å². The number of fused-ring (bicyclic) bond motifs is 2. The molecule has 12 nitrogen and oxygen atoms in total. The number of likely N-dealkylation sites (tertiary alicyclic amines) is 1. The SMILES string of the molecule is CC(=O)c1nn(CC(=O)N2[C@H](C(=O)Nc3nc(Br)ccc3CO)C[C@@]3(C)C[C@@H]23)c2c(CO)cc(-c3cnc(C)nc3)cc12. The van der Waals surface area contributed by atoms with Crippen molar-refractivity contribution in [3.8, 4) is 11.1 Å². The number of nitrogens with one attached hydrogen (secondary N) is 1. The number of aliphatic hydroxyl groups is 2. The third kappa shape index (κ3) is 5.21. The highest BCUT2D eigenvalue weighted by Gasteiger charge is 2.64. The van der Waals surface area contributed by atoms with Crippen LogP contribution in [0.1, 0.15) is 54.1 Å². The second kappa shape index (κ2) is 10.9. The largest absolute Gasteiger partial charge is 0.392 e. The van der Waals surface area contributed by atoms with E-state index in [2.05, 4.69) is 48.2 Å². The lowest BCUT2D eigenvalue weighted by molar-refractivity contribution is -0.138. The zero-order valence-corrected chi connectivity index (χ0v) is 25.4. The fraction of sp³-hybridized carbons (Fsp3) is 0.367. The molecule has 2 aliphatic rings. The molecule has 3 N–H and O–H groups in total. The van der Waals surface area contributed by atoms with E-state index < -0.39 is 11.9 Å². The molecule has 43 heavy (non-hydrogen) atoms. The first-order chi connectivity index (χ1) is 20.5. The molecule has 1 aliphatic heterocycles. The molecule has 4 heterocycles. The van der Waals surface area contributed by atoms with E-state index in [1.165, 1.54) is 11.6 Å². The Morgan fingerprint density at radius 2 is 1.79 bits per heavy atom. The summed E-state index contributed by atoms with van der Waals surface area (Å²) in [6.07, 6.45) is 4.61. The molecule has 0 bridgehead atoms. The number of piperidine rings is 1. The van der Waals surface area contributed by atoms with Crippen LogP contribution in [-0.2, 0) is 29.3 Å². The van der Waals surface area contributed by atoms with E-state index in [0.717, 1.165) is 6.42 Å². The van der Waals surface area contributed by atoms with Crippen LogP contribution >= 0.6 is 15.9 Å². The van der Waals surface area contributed by atoms with Crippen molar-refractivity contribution in [3.05, 3.63) is 63.9 Å². The molecule has 13 heteroatoms. The lowest BCUT2D eigenvalue weighted by Gasteiger charge is -2.27. The van der Waals surface area contributed by atoms with Crippen LogP contribution < -0.4 is 5.32 Å². The van der Waals surface area contributed by atoms with E-state index in [4.69, 9.17) is 0 Å². The smallest absolute Gasteiger partial charge is 0.248 e. The average Bonchev–Trinajstić information content (AvgIpc) is 3.33. The highest BCUT2D eigenvalue weighted by Crippen LogP contribution is 2.59. The third-order valence-electron chi connectivity index (χ3n) is 8.41. The predicted molar refractivity (Wildman–Crippen MR) is 160 cm³/mol. The zero-order valence-electron chi connectivity index (χ0n) is 23.8. The fourth-order valence-corrected chi connectivity index (χ4v) is 6.39. The van der Waals surface area contributed by atoms with Crippen molar-refractivity contribution < 1.29 is 24.6 Å². The van der Waals surface area contributed by atoms with Gasteiger partial charge in [-0.1, -0.05) is 13.0 Å². The monoisotopic (exact) mass is 647 g/mol. The molecule has 1 aliphatic carbocycles. The van der Waals surface area contributed by atoms with E-state index in [-0.39, 0.29) is 54.4 Å². The molecule has 1 aromatic carbocycles. The number of benzene rings is 1. The van der Waals surface area contributed by atoms with Crippen molar-refractivity contribution >= 4 is 50.2 Å². The maximum atomic E-state index is 13.9. The third-order valence-corrected chi connectivity index (χ3v) is 8.85. The number of aliphatic hydroxyl groups excluding tert-OH is 2. The summed E-state index contributed by atoms with van der Waals surface area (Å²) >= 11 is 3.29. The predicted octanol–water partition coefficient (Wildman–Crippen LogP) is 3.16. The van der Waals surface area contributed by atoms with Gasteiger partial charge >= 0.3 is 0 Å². The molecule has 3 atom stereocenters. The summed E-state index contributed by atoms with van der Waals surface area (Å²) < 4.78 is 1.95. The molecular formula is C30H30BrN7O5. The van der Waals surface area contributed by atoms with Gasteiger partial charge in [-0.15, -0.1) is 0 Å². The fourth-order valence-electron chi connectivity index (χ4n) is 6.08. The van der Waals surface area contributed by atoms with Gasteiger partial charge in [0.1, 0.15) is 34.5 Å². The first kappa shape index (κ1) is 29.0. The molecule has 6 rings (SSSR count). The molecule has 222 valence electrons. The number of amides is 2. The normalized spacial score (nSPS) is 20.7. The molecule has 0 unspecified atom stereocenters. The number of anilines is 1. The van der Waals surface area contributed by atoms with Crippen molar-refractivity contribution in [2.24, 2.45) is 5.41 Å². The Hall–Kier alpha value is -4.07. The highest BCUT2D eigenvalue weighted by atomic mass is 79.9. The number of rotatable bonds is 8. The maximum absolute atomic E-state index is 13.9. The maximum Gasteiger partial charge on any atom is 0.248 e. The number of hydrogen-bond donors (Lipinski definition) is 3. The first-order valence-electron chi connectivity index (χ1n) is 13.9. The van der Waals surface area contributed by atoms with Gasteiger partial charge in [0.15, 0.2) is 5.78 Å². The number of aromatic nitrogens is 5. The van der Waals surface area contributed by atoms with Gasteiger partial charge in [0.05, 0.1) is 18.7 Å². The zero-order chi connectivity index (χ0) is 30.6. The number of carbonyl (C=O) groups is 3. The number of halogens is 1. The summed E-state index contributed by atoms with van der Waals surface area (Å²) in [5.41, 5.74) is 2.84. The lowest BCUT2D eigenvalue weighted by atomic mass is 10.0. The molecule has 0 spiro atoms. The van der Waals surface area contributed by atoms with E-state index >= 15 is 0 Å². The van der Waals surface area contributed by atoms with Gasteiger partial charge in [-0.25, -0.2) is 15.0 Å². The van der Waals surface area contributed by atoms with Gasteiger partial charge in [-0.3, -0.25) is 19.1 Å².